The number of benzene rings is 1. The van der Waals surface area contributed by atoms with Crippen molar-refractivity contribution in [2.45, 2.75) is 25.2 Å². The van der Waals surface area contributed by atoms with Crippen LogP contribution < -0.4 is 11.1 Å². The van der Waals surface area contributed by atoms with E-state index in [1.54, 1.807) is 13.0 Å². The fourth-order valence-corrected chi connectivity index (χ4v) is 2.81. The third-order valence-corrected chi connectivity index (χ3v) is 4.69. The molecule has 0 aromatic heterocycles. The number of nitrogens with two attached hydrogens (primary N) is 1. The van der Waals surface area contributed by atoms with Crippen molar-refractivity contribution < 1.29 is 13.2 Å². The molecule has 3 N–H and O–H groups in total. The molecule has 112 valence electrons. The summed E-state index contributed by atoms with van der Waals surface area (Å²) >= 11 is 0. The number of nitrogens with zero attached hydrogens (tertiary/aromatic N) is 1. The molecule has 0 spiro atoms. The minimum Gasteiger partial charge on any atom is -0.399 e. The lowest BCUT2D eigenvalue weighted by molar-refractivity contribution is -0.121. The zero-order valence-electron chi connectivity index (χ0n) is 12.0. The molecular weight excluding hydrogens is 278 g/mol. The molecule has 0 fully saturated rings. The second-order valence-electron chi connectivity index (χ2n) is 4.63. The molecule has 0 aliphatic rings. The van der Waals surface area contributed by atoms with Gasteiger partial charge in [-0.25, -0.2) is 8.42 Å². The standard InChI is InChI=1S/C13H21N3O3S/c1-4-7-15-13(17)9-16(3)20(18,19)11-5-6-12(14)10(2)8-11/h5-6,8H,4,7,9,14H2,1-3H3,(H,15,17). The molecule has 20 heavy (non-hydrogen) atoms. The maximum atomic E-state index is 12.3. The predicted octanol–water partition coefficient (Wildman–Crippen LogP) is 0.724. The van der Waals surface area contributed by atoms with E-state index in [2.05, 4.69) is 5.32 Å². The van der Waals surface area contributed by atoms with Gasteiger partial charge in [0.2, 0.25) is 15.9 Å². The SMILES string of the molecule is CCCNC(=O)CN(C)S(=O)(=O)c1ccc(N)c(C)c1. The van der Waals surface area contributed by atoms with Crippen LogP contribution in [0.2, 0.25) is 0 Å². The van der Waals surface area contributed by atoms with Crippen molar-refractivity contribution in [3.63, 3.8) is 0 Å². The Hall–Kier alpha value is -1.60. The Morgan fingerprint density at radius 1 is 1.40 bits per heavy atom. The molecule has 0 heterocycles. The van der Waals surface area contributed by atoms with Gasteiger partial charge in [0.15, 0.2) is 0 Å². The lowest BCUT2D eigenvalue weighted by Gasteiger charge is -2.17. The van der Waals surface area contributed by atoms with Crippen LogP contribution >= 0.6 is 0 Å². The third-order valence-electron chi connectivity index (χ3n) is 2.89. The van der Waals surface area contributed by atoms with E-state index >= 15 is 0 Å². The summed E-state index contributed by atoms with van der Waals surface area (Å²) in [5.74, 6) is -0.315. The van der Waals surface area contributed by atoms with Crippen LogP contribution in [0, 0.1) is 6.92 Å². The lowest BCUT2D eigenvalue weighted by atomic mass is 10.2. The molecule has 0 bridgehead atoms. The molecular formula is C13H21N3O3S. The van der Waals surface area contributed by atoms with Crippen LogP contribution in [0.15, 0.2) is 23.1 Å². The number of aryl methyl sites for hydroxylation is 1. The number of anilines is 1. The Kier molecular flexibility index (Phi) is 5.52. The second-order valence-corrected chi connectivity index (χ2v) is 6.67. The van der Waals surface area contributed by atoms with Gasteiger partial charge in [-0.3, -0.25) is 4.79 Å². The van der Waals surface area contributed by atoms with Crippen molar-refractivity contribution in [3.05, 3.63) is 23.8 Å². The maximum Gasteiger partial charge on any atom is 0.243 e. The number of hydrogen-bond donors (Lipinski definition) is 2. The van der Waals surface area contributed by atoms with Crippen LogP contribution in [0.25, 0.3) is 0 Å². The Morgan fingerprint density at radius 2 is 2.05 bits per heavy atom. The summed E-state index contributed by atoms with van der Waals surface area (Å²) in [5.41, 5.74) is 6.90. The van der Waals surface area contributed by atoms with Crippen LogP contribution in [-0.4, -0.2) is 38.8 Å². The highest BCUT2D eigenvalue weighted by Crippen LogP contribution is 2.19. The van der Waals surface area contributed by atoms with E-state index in [0.717, 1.165) is 10.7 Å². The van der Waals surface area contributed by atoms with Crippen molar-refractivity contribution in [2.75, 3.05) is 25.9 Å². The molecule has 1 amide bonds. The molecule has 0 radical (unpaired) electrons. The van der Waals surface area contributed by atoms with Gasteiger partial charge in [0, 0.05) is 19.3 Å². The van der Waals surface area contributed by atoms with E-state index in [0.29, 0.717) is 17.8 Å². The topological polar surface area (TPSA) is 92.5 Å². The fraction of sp³-hybridized carbons (Fsp3) is 0.462. The highest BCUT2D eigenvalue weighted by molar-refractivity contribution is 7.89. The van der Waals surface area contributed by atoms with Gasteiger partial charge in [-0.1, -0.05) is 6.92 Å². The first-order valence-electron chi connectivity index (χ1n) is 6.38. The highest BCUT2D eigenvalue weighted by Gasteiger charge is 2.23. The zero-order valence-corrected chi connectivity index (χ0v) is 12.8. The van der Waals surface area contributed by atoms with Gasteiger partial charge in [-0.15, -0.1) is 0 Å². The number of sulfonamides is 1. The van der Waals surface area contributed by atoms with E-state index in [4.69, 9.17) is 5.73 Å². The van der Waals surface area contributed by atoms with Crippen LogP contribution in [-0.2, 0) is 14.8 Å². The average Bonchev–Trinajstić information content (AvgIpc) is 2.39. The van der Waals surface area contributed by atoms with E-state index in [-0.39, 0.29) is 17.3 Å². The molecule has 6 nitrogen and oxygen atoms in total. The predicted molar refractivity (Wildman–Crippen MR) is 78.7 cm³/mol. The number of likely N-dealkylation sites (N-methyl/N-ethyl adjacent to an activating group) is 1. The molecule has 0 saturated heterocycles. The molecule has 1 aromatic carbocycles. The largest absolute Gasteiger partial charge is 0.399 e. The molecule has 1 rings (SSSR count). The van der Waals surface area contributed by atoms with Crippen molar-refractivity contribution in [3.8, 4) is 0 Å². The number of carbonyl (C=O) groups is 1. The number of nitrogen functional groups attached to an aromatic ring is 1. The van der Waals surface area contributed by atoms with Crippen molar-refractivity contribution in [1.29, 1.82) is 0 Å². The summed E-state index contributed by atoms with van der Waals surface area (Å²) in [6, 6.07) is 4.50. The van der Waals surface area contributed by atoms with Crippen LogP contribution in [0.5, 0.6) is 0 Å². The van der Waals surface area contributed by atoms with Gasteiger partial charge in [0.05, 0.1) is 11.4 Å². The Morgan fingerprint density at radius 3 is 2.60 bits per heavy atom. The first-order chi connectivity index (χ1) is 9.28. The van der Waals surface area contributed by atoms with Crippen LogP contribution in [0.3, 0.4) is 0 Å². The summed E-state index contributed by atoms with van der Waals surface area (Å²) < 4.78 is 25.7. The Labute approximate surface area is 120 Å². The minimum absolute atomic E-state index is 0.134. The van der Waals surface area contributed by atoms with Gasteiger partial charge in [-0.05, 0) is 37.1 Å². The quantitative estimate of drug-likeness (QED) is 0.757. The van der Waals surface area contributed by atoms with E-state index in [1.807, 2.05) is 6.92 Å². The number of rotatable bonds is 6. The average molecular weight is 299 g/mol. The van der Waals surface area contributed by atoms with Gasteiger partial charge in [-0.2, -0.15) is 4.31 Å². The van der Waals surface area contributed by atoms with E-state index in [1.165, 1.54) is 19.2 Å². The van der Waals surface area contributed by atoms with Gasteiger partial charge < -0.3 is 11.1 Å². The summed E-state index contributed by atoms with van der Waals surface area (Å²) in [5, 5.41) is 2.64. The smallest absolute Gasteiger partial charge is 0.243 e. The highest BCUT2D eigenvalue weighted by atomic mass is 32.2. The first kappa shape index (κ1) is 16.5. The number of amides is 1. The number of nitrogens with one attached hydrogen (secondary N) is 1. The van der Waals surface area contributed by atoms with E-state index in [9.17, 15) is 13.2 Å². The molecule has 0 saturated carbocycles. The van der Waals surface area contributed by atoms with Crippen molar-refractivity contribution >= 4 is 21.6 Å². The lowest BCUT2D eigenvalue weighted by Crippen LogP contribution is -2.38. The molecule has 1 aromatic rings. The van der Waals surface area contributed by atoms with Crippen molar-refractivity contribution in [2.24, 2.45) is 0 Å². The van der Waals surface area contributed by atoms with Gasteiger partial charge >= 0.3 is 0 Å². The number of carbonyl (C=O) groups excluding carboxylic acids is 1. The fourth-order valence-electron chi connectivity index (χ4n) is 1.60. The van der Waals surface area contributed by atoms with Gasteiger partial charge in [0.1, 0.15) is 0 Å². The summed E-state index contributed by atoms with van der Waals surface area (Å²) in [7, 11) is -2.30. The molecule has 0 aliphatic carbocycles. The minimum atomic E-state index is -3.68. The second kappa shape index (κ2) is 6.71. The summed E-state index contributed by atoms with van der Waals surface area (Å²) in [4.78, 5) is 11.7. The normalized spacial score (nSPS) is 11.6. The monoisotopic (exact) mass is 299 g/mol. The zero-order chi connectivity index (χ0) is 15.3. The molecule has 7 heteroatoms. The van der Waals surface area contributed by atoms with E-state index < -0.39 is 10.0 Å². The third kappa shape index (κ3) is 3.94. The van der Waals surface area contributed by atoms with Crippen LogP contribution in [0.4, 0.5) is 5.69 Å². The molecule has 0 atom stereocenters. The number of hydrogen-bond acceptors (Lipinski definition) is 4. The first-order valence-corrected chi connectivity index (χ1v) is 7.82. The van der Waals surface area contributed by atoms with Crippen molar-refractivity contribution in [1.82, 2.24) is 9.62 Å². The Bertz CT molecular complexity index is 585. The molecule has 0 unspecified atom stereocenters. The molecule has 0 aliphatic heterocycles. The summed E-state index contributed by atoms with van der Waals surface area (Å²) in [6.45, 7) is 4.00. The van der Waals surface area contributed by atoms with Crippen LogP contribution in [0.1, 0.15) is 18.9 Å². The summed E-state index contributed by atoms with van der Waals surface area (Å²) in [6.07, 6.45) is 0.805. The maximum absolute atomic E-state index is 12.3. The Balaban J connectivity index is 2.87. The van der Waals surface area contributed by atoms with Gasteiger partial charge in [0.25, 0.3) is 0 Å².